The van der Waals surface area contributed by atoms with E-state index in [4.69, 9.17) is 5.73 Å². The molecule has 6 nitrogen and oxygen atoms in total. The van der Waals surface area contributed by atoms with E-state index in [0.717, 1.165) is 25.9 Å². The van der Waals surface area contributed by atoms with Crippen LogP contribution in [0.2, 0.25) is 0 Å². The van der Waals surface area contributed by atoms with Crippen LogP contribution in [0.4, 0.5) is 0 Å². The van der Waals surface area contributed by atoms with Crippen LogP contribution in [0.25, 0.3) is 30.9 Å². The zero-order valence-corrected chi connectivity index (χ0v) is 17.3. The predicted octanol–water partition coefficient (Wildman–Crippen LogP) is 4.45. The Morgan fingerprint density at radius 3 is 1.60 bits per heavy atom. The lowest BCUT2D eigenvalue weighted by Crippen LogP contribution is -2.10. The van der Waals surface area contributed by atoms with Gasteiger partial charge in [-0.2, -0.15) is 0 Å². The Hall–Kier alpha value is -3.49. The first-order valence-corrected chi connectivity index (χ1v) is 10.6. The maximum Gasteiger partial charge on any atom is 0.248 e. The van der Waals surface area contributed by atoms with E-state index < -0.39 is 5.91 Å². The molecule has 0 radical (unpaired) electrons. The van der Waals surface area contributed by atoms with Crippen molar-refractivity contribution in [1.29, 1.82) is 0 Å². The molecular weight excluding hydrogens is 418 g/mol. The van der Waals surface area contributed by atoms with Crippen molar-refractivity contribution in [3.8, 4) is 30.9 Å². The van der Waals surface area contributed by atoms with Crippen molar-refractivity contribution in [1.82, 2.24) is 9.97 Å². The number of carbonyl (C=O) groups is 3. The third kappa shape index (κ3) is 2.89. The molecule has 0 bridgehead atoms. The van der Waals surface area contributed by atoms with Gasteiger partial charge >= 0.3 is 0 Å². The Morgan fingerprint density at radius 2 is 1.20 bits per heavy atom. The van der Waals surface area contributed by atoms with Gasteiger partial charge in [0.1, 0.15) is 21.4 Å². The van der Waals surface area contributed by atoms with Gasteiger partial charge < -0.3 is 5.73 Å². The number of hydrogen-bond donors (Lipinski definition) is 1. The molecule has 0 saturated heterocycles. The van der Waals surface area contributed by atoms with Crippen LogP contribution in [0, 0.1) is 0 Å². The van der Waals surface area contributed by atoms with Gasteiger partial charge in [-0.25, -0.2) is 9.97 Å². The van der Waals surface area contributed by atoms with Crippen molar-refractivity contribution in [2.24, 2.45) is 5.73 Å². The van der Waals surface area contributed by atoms with Crippen LogP contribution in [0.5, 0.6) is 0 Å². The third-order valence-corrected chi connectivity index (χ3v) is 7.22. The van der Waals surface area contributed by atoms with E-state index in [1.54, 1.807) is 36.4 Å². The van der Waals surface area contributed by atoms with Crippen LogP contribution >= 0.6 is 22.7 Å². The number of ketones is 2. The van der Waals surface area contributed by atoms with Gasteiger partial charge in [-0.15, -0.1) is 22.7 Å². The average molecular weight is 431 g/mol. The SMILES string of the molecule is CC(=O)c1ccc(-c2nc3c(s2)-c2sc(-c4ccc(C(N)=O)cc4)nc2C3=O)cc1. The molecule has 2 aromatic heterocycles. The van der Waals surface area contributed by atoms with Gasteiger partial charge in [-0.3, -0.25) is 14.4 Å². The molecule has 5 rings (SSSR count). The minimum atomic E-state index is -0.489. The molecule has 0 atom stereocenters. The molecule has 30 heavy (non-hydrogen) atoms. The molecule has 146 valence electrons. The fourth-order valence-corrected chi connectivity index (χ4v) is 5.51. The zero-order valence-electron chi connectivity index (χ0n) is 15.6. The minimum Gasteiger partial charge on any atom is -0.366 e. The van der Waals surface area contributed by atoms with Crippen molar-refractivity contribution in [3.05, 3.63) is 71.0 Å². The summed E-state index contributed by atoms with van der Waals surface area (Å²) in [7, 11) is 0. The molecule has 0 saturated carbocycles. The maximum absolute atomic E-state index is 12.8. The molecule has 2 N–H and O–H groups in total. The first kappa shape index (κ1) is 18.5. The molecule has 1 amide bonds. The summed E-state index contributed by atoms with van der Waals surface area (Å²) in [4.78, 5) is 46.3. The van der Waals surface area contributed by atoms with Gasteiger partial charge in [0.25, 0.3) is 0 Å². The van der Waals surface area contributed by atoms with Gasteiger partial charge in [-0.05, 0) is 19.1 Å². The summed E-state index contributed by atoms with van der Waals surface area (Å²) in [5.41, 5.74) is 8.87. The number of primary amides is 1. The summed E-state index contributed by atoms with van der Waals surface area (Å²) in [6, 6.07) is 14.0. The number of hydrogen-bond acceptors (Lipinski definition) is 7. The van der Waals surface area contributed by atoms with Crippen molar-refractivity contribution >= 4 is 40.1 Å². The first-order chi connectivity index (χ1) is 14.4. The Bertz CT molecular complexity index is 1250. The van der Waals surface area contributed by atoms with Crippen LogP contribution in [-0.4, -0.2) is 27.4 Å². The van der Waals surface area contributed by atoms with E-state index in [0.29, 0.717) is 27.5 Å². The van der Waals surface area contributed by atoms with Gasteiger partial charge in [0, 0.05) is 22.3 Å². The molecule has 0 unspecified atom stereocenters. The van der Waals surface area contributed by atoms with Gasteiger partial charge in [0.15, 0.2) is 5.78 Å². The Morgan fingerprint density at radius 1 is 0.767 bits per heavy atom. The lowest BCUT2D eigenvalue weighted by atomic mass is 10.1. The highest BCUT2D eigenvalue weighted by molar-refractivity contribution is 7.25. The standard InChI is InChI=1S/C22H13N3O3S2/c1-10(26)11-2-6-13(7-3-11)21-24-15-17(27)16-19(18(15)29-21)30-22(25-16)14-8-4-12(5-9-14)20(23)28/h2-9H,1H3,(H2,23,28). The average Bonchev–Trinajstić information content (AvgIpc) is 3.42. The number of Topliss-reactive ketones (excluding diaryl/α,β-unsaturated/α-hetero) is 1. The Kier molecular flexibility index (Phi) is 4.19. The number of aromatic nitrogens is 2. The second-order valence-electron chi connectivity index (χ2n) is 6.80. The summed E-state index contributed by atoms with van der Waals surface area (Å²) >= 11 is 2.87. The number of nitrogens with two attached hydrogens (primary N) is 1. The molecule has 0 aliphatic heterocycles. The largest absolute Gasteiger partial charge is 0.366 e. The quantitative estimate of drug-likeness (QED) is 0.424. The number of nitrogens with zero attached hydrogens (tertiary/aromatic N) is 2. The van der Waals surface area contributed by atoms with Crippen LogP contribution in [0.3, 0.4) is 0 Å². The van der Waals surface area contributed by atoms with E-state index in [-0.39, 0.29) is 11.6 Å². The summed E-state index contributed by atoms with van der Waals surface area (Å²) in [6.45, 7) is 1.52. The molecule has 0 spiro atoms. The Balaban J connectivity index is 1.51. The number of carbonyl (C=O) groups excluding carboxylic acids is 3. The van der Waals surface area contributed by atoms with Crippen LogP contribution in [-0.2, 0) is 0 Å². The highest BCUT2D eigenvalue weighted by atomic mass is 32.1. The predicted molar refractivity (Wildman–Crippen MR) is 116 cm³/mol. The van der Waals surface area contributed by atoms with E-state index in [1.165, 1.54) is 29.6 Å². The highest BCUT2D eigenvalue weighted by Crippen LogP contribution is 2.47. The lowest BCUT2D eigenvalue weighted by molar-refractivity contribution is 0.0995. The van der Waals surface area contributed by atoms with E-state index in [2.05, 4.69) is 9.97 Å². The topological polar surface area (TPSA) is 103 Å². The number of fused-ring (bicyclic) bond motifs is 3. The van der Waals surface area contributed by atoms with Gasteiger partial charge in [-0.1, -0.05) is 36.4 Å². The van der Waals surface area contributed by atoms with Crippen molar-refractivity contribution in [2.45, 2.75) is 6.92 Å². The van der Waals surface area contributed by atoms with Crippen molar-refractivity contribution in [2.75, 3.05) is 0 Å². The van der Waals surface area contributed by atoms with E-state index in [1.807, 2.05) is 12.1 Å². The molecule has 4 aromatic rings. The van der Waals surface area contributed by atoms with Crippen LogP contribution in [0.15, 0.2) is 48.5 Å². The molecule has 1 aliphatic rings. The maximum atomic E-state index is 12.8. The molecule has 8 heteroatoms. The molecular formula is C22H13N3O3S2. The Labute approximate surface area is 179 Å². The minimum absolute atomic E-state index is 0.00375. The first-order valence-electron chi connectivity index (χ1n) is 9.00. The van der Waals surface area contributed by atoms with Crippen molar-refractivity contribution in [3.63, 3.8) is 0 Å². The summed E-state index contributed by atoms with van der Waals surface area (Å²) in [5.74, 6) is -0.667. The van der Waals surface area contributed by atoms with E-state index >= 15 is 0 Å². The number of amides is 1. The second-order valence-corrected chi connectivity index (χ2v) is 8.80. The summed E-state index contributed by atoms with van der Waals surface area (Å²) in [6.07, 6.45) is 0. The smallest absolute Gasteiger partial charge is 0.248 e. The lowest BCUT2D eigenvalue weighted by Gasteiger charge is -1.98. The fraction of sp³-hybridized carbons (Fsp3) is 0.0455. The normalized spacial score (nSPS) is 12.0. The zero-order chi connectivity index (χ0) is 21.0. The van der Waals surface area contributed by atoms with Crippen LogP contribution in [0.1, 0.15) is 43.8 Å². The van der Waals surface area contributed by atoms with Gasteiger partial charge in [0.2, 0.25) is 11.7 Å². The van der Waals surface area contributed by atoms with E-state index in [9.17, 15) is 14.4 Å². The number of benzene rings is 2. The highest BCUT2D eigenvalue weighted by Gasteiger charge is 2.35. The second kappa shape index (κ2) is 6.79. The number of thiazole rings is 2. The van der Waals surface area contributed by atoms with Crippen molar-refractivity contribution < 1.29 is 14.4 Å². The number of rotatable bonds is 4. The molecule has 2 aromatic carbocycles. The molecule has 0 fully saturated rings. The fourth-order valence-electron chi connectivity index (χ4n) is 3.24. The monoisotopic (exact) mass is 431 g/mol. The summed E-state index contributed by atoms with van der Waals surface area (Å²) < 4.78 is 0. The third-order valence-electron chi connectivity index (χ3n) is 4.85. The molecule has 1 aliphatic carbocycles. The van der Waals surface area contributed by atoms with Gasteiger partial charge in [0.05, 0.1) is 9.75 Å². The molecule has 2 heterocycles. The van der Waals surface area contributed by atoms with Crippen LogP contribution < -0.4 is 5.73 Å². The summed E-state index contributed by atoms with van der Waals surface area (Å²) in [5, 5.41) is 1.44.